The van der Waals surface area contributed by atoms with Crippen LogP contribution >= 0.6 is 22.9 Å². The van der Waals surface area contributed by atoms with Gasteiger partial charge < -0.3 is 0 Å². The summed E-state index contributed by atoms with van der Waals surface area (Å²) >= 11 is 1.86. The van der Waals surface area contributed by atoms with Crippen molar-refractivity contribution in [3.63, 3.8) is 0 Å². The molecule has 3 heteroatoms. The van der Waals surface area contributed by atoms with E-state index in [1.54, 1.807) is 0 Å². The van der Waals surface area contributed by atoms with Crippen LogP contribution in [0, 0.1) is 0 Å². The maximum Gasteiger partial charge on any atom is 0.101 e. The van der Waals surface area contributed by atoms with Gasteiger partial charge in [-0.25, -0.2) is 4.99 Å². The van der Waals surface area contributed by atoms with Crippen LogP contribution in [0.3, 0.4) is 0 Å². The summed E-state index contributed by atoms with van der Waals surface area (Å²) in [6, 6.07) is 12.8. The Bertz CT molecular complexity index is 289. The van der Waals surface area contributed by atoms with Crippen molar-refractivity contribution in [1.29, 1.82) is 0 Å². The van der Waals surface area contributed by atoms with Crippen LogP contribution in [0.15, 0.2) is 38.5 Å². The Morgan fingerprint density at radius 1 is 1.33 bits per heavy atom. The van der Waals surface area contributed by atoms with Gasteiger partial charge in [0.2, 0.25) is 0 Å². The lowest BCUT2D eigenvalue weighted by atomic mass is 10.1. The van der Waals surface area contributed by atoms with Crippen molar-refractivity contribution in [1.82, 2.24) is 0 Å². The Balaban J connectivity index is 2.79. The molecule has 1 atom stereocenters. The predicted octanol–water partition coefficient (Wildman–Crippen LogP) is 3.27. The minimum Gasteiger partial charge on any atom is -0.217 e. The first-order chi connectivity index (χ1) is 5.84. The fraction of sp³-hybridized carbons (Fsp3) is 0.222. The van der Waals surface area contributed by atoms with Gasteiger partial charge in [-0.2, -0.15) is 3.21 Å². The second-order valence-electron chi connectivity index (χ2n) is 2.40. The molecule has 1 unspecified atom stereocenters. The minimum atomic E-state index is 0.143. The van der Waals surface area contributed by atoms with Gasteiger partial charge in [0.05, 0.1) is 28.9 Å². The molecule has 0 saturated carbocycles. The molecule has 62 valence electrons. The highest BCUT2D eigenvalue weighted by Crippen LogP contribution is 2.14. The normalized spacial score (nSPS) is 11.5. The van der Waals surface area contributed by atoms with Crippen LogP contribution in [0.5, 0.6) is 0 Å². The molecule has 2 nitrogen and oxygen atoms in total. The average Bonchev–Trinajstić information content (AvgIpc) is 2.15. The lowest BCUT2D eigenvalue weighted by Gasteiger charge is -2.02. The van der Waals surface area contributed by atoms with Crippen LogP contribution in [0.4, 0.5) is 0 Å². The van der Waals surface area contributed by atoms with Gasteiger partial charge >= 0.3 is 0 Å². The van der Waals surface area contributed by atoms with Crippen molar-refractivity contribution in [2.45, 2.75) is 13.0 Å². The van der Waals surface area contributed by atoms with Crippen molar-refractivity contribution < 1.29 is 0 Å². The molecule has 0 saturated heterocycles. The molecule has 0 fully saturated rings. The molecule has 0 aliphatic rings. The standard InChI is InChI=1S/C9H9IN2/c1-8(11-7-12-10)9-5-3-2-4-6-9/h2-6,8H,1H3. The summed E-state index contributed by atoms with van der Waals surface area (Å²) in [6.45, 7) is 2.02. The predicted molar refractivity (Wildman–Crippen MR) is 58.7 cm³/mol. The zero-order valence-electron chi connectivity index (χ0n) is 6.74. The Kier molecular flexibility index (Phi) is 3.97. The molecule has 1 aromatic carbocycles. The molecule has 0 amide bonds. The Labute approximate surface area is 85.9 Å². The summed E-state index contributed by atoms with van der Waals surface area (Å²) in [5.74, 6) is 0. The fourth-order valence-electron chi connectivity index (χ4n) is 0.915. The van der Waals surface area contributed by atoms with E-state index in [-0.39, 0.29) is 6.04 Å². The first-order valence-corrected chi connectivity index (χ1v) is 4.62. The number of hydrogen-bond donors (Lipinski definition) is 0. The Hall–Kier alpha value is -0.670. The number of benzene rings is 1. The Morgan fingerprint density at radius 2 is 2.00 bits per heavy atom. The molecular weight excluding hydrogens is 263 g/mol. The quantitative estimate of drug-likeness (QED) is 0.583. The number of halogens is 1. The third-order valence-corrected chi connectivity index (χ3v) is 1.79. The second kappa shape index (κ2) is 5.06. The van der Waals surface area contributed by atoms with Crippen molar-refractivity contribution in [2.24, 2.45) is 8.20 Å². The fourth-order valence-corrected chi connectivity index (χ4v) is 1.04. The molecular formula is C9H9IN2. The van der Waals surface area contributed by atoms with Crippen molar-refractivity contribution in [3.8, 4) is 0 Å². The highest BCUT2D eigenvalue weighted by atomic mass is 127. The molecule has 0 radical (unpaired) electrons. The molecule has 0 bridgehead atoms. The largest absolute Gasteiger partial charge is 0.217 e. The molecule has 1 aromatic rings. The van der Waals surface area contributed by atoms with Crippen LogP contribution < -0.4 is 0 Å². The maximum absolute atomic E-state index is 4.09. The van der Waals surface area contributed by atoms with E-state index < -0.39 is 0 Å². The topological polar surface area (TPSA) is 24.7 Å². The third kappa shape index (κ3) is 2.75. The molecule has 0 spiro atoms. The van der Waals surface area contributed by atoms with E-state index in [4.69, 9.17) is 0 Å². The molecule has 0 aliphatic carbocycles. The van der Waals surface area contributed by atoms with E-state index in [2.05, 4.69) is 14.2 Å². The summed E-state index contributed by atoms with van der Waals surface area (Å²) in [5.41, 5.74) is 1.19. The molecule has 0 aromatic heterocycles. The lowest BCUT2D eigenvalue weighted by Crippen LogP contribution is -1.86. The summed E-state index contributed by atoms with van der Waals surface area (Å²) in [6.07, 6.45) is 0. The summed E-state index contributed by atoms with van der Waals surface area (Å²) < 4.78 is 3.65. The maximum atomic E-state index is 4.09. The van der Waals surface area contributed by atoms with Crippen molar-refractivity contribution in [3.05, 3.63) is 35.9 Å². The zero-order valence-corrected chi connectivity index (χ0v) is 8.89. The summed E-state index contributed by atoms with van der Waals surface area (Å²) in [5, 5.41) is 0. The highest BCUT2D eigenvalue weighted by Gasteiger charge is 1.99. The van der Waals surface area contributed by atoms with E-state index in [1.807, 2.05) is 60.1 Å². The van der Waals surface area contributed by atoms with Crippen LogP contribution in [0.25, 0.3) is 0 Å². The molecule has 12 heavy (non-hydrogen) atoms. The van der Waals surface area contributed by atoms with Gasteiger partial charge in [0.15, 0.2) is 0 Å². The van der Waals surface area contributed by atoms with E-state index in [9.17, 15) is 0 Å². The number of rotatable bonds is 2. The molecule has 1 rings (SSSR count). The number of hydrogen-bond acceptors (Lipinski definition) is 2. The van der Waals surface area contributed by atoms with Crippen LogP contribution in [-0.4, -0.2) is 6.01 Å². The van der Waals surface area contributed by atoms with Gasteiger partial charge in [0.25, 0.3) is 0 Å². The van der Waals surface area contributed by atoms with Gasteiger partial charge in [-0.1, -0.05) is 30.3 Å². The first kappa shape index (κ1) is 9.42. The van der Waals surface area contributed by atoms with Gasteiger partial charge in [-0.05, 0) is 12.5 Å². The molecule has 0 aliphatic heterocycles. The minimum absolute atomic E-state index is 0.143. The lowest BCUT2D eigenvalue weighted by molar-refractivity contribution is 0.826. The highest BCUT2D eigenvalue weighted by molar-refractivity contribution is 14.1. The van der Waals surface area contributed by atoms with E-state index in [1.165, 1.54) is 5.56 Å². The monoisotopic (exact) mass is 272 g/mol. The van der Waals surface area contributed by atoms with Crippen LogP contribution in [0.2, 0.25) is 0 Å². The average molecular weight is 272 g/mol. The number of aliphatic imine (C=N–C) groups is 1. The van der Waals surface area contributed by atoms with Gasteiger partial charge in [0.1, 0.15) is 6.01 Å². The third-order valence-electron chi connectivity index (χ3n) is 1.57. The van der Waals surface area contributed by atoms with Crippen LogP contribution in [0.1, 0.15) is 18.5 Å². The van der Waals surface area contributed by atoms with E-state index in [0.29, 0.717) is 0 Å². The first-order valence-electron chi connectivity index (χ1n) is 3.65. The summed E-state index contributed by atoms with van der Waals surface area (Å²) in [7, 11) is 0. The van der Waals surface area contributed by atoms with E-state index in [0.717, 1.165) is 0 Å². The van der Waals surface area contributed by atoms with Gasteiger partial charge in [0, 0.05) is 0 Å². The van der Waals surface area contributed by atoms with Gasteiger partial charge in [-0.3, -0.25) is 0 Å². The van der Waals surface area contributed by atoms with Crippen LogP contribution in [-0.2, 0) is 0 Å². The zero-order chi connectivity index (χ0) is 8.81. The van der Waals surface area contributed by atoms with E-state index >= 15 is 0 Å². The Morgan fingerprint density at radius 3 is 2.58 bits per heavy atom. The molecule has 0 N–H and O–H groups in total. The number of nitrogens with zero attached hydrogens (tertiary/aromatic N) is 2. The smallest absolute Gasteiger partial charge is 0.101 e. The van der Waals surface area contributed by atoms with Crippen molar-refractivity contribution in [2.75, 3.05) is 0 Å². The van der Waals surface area contributed by atoms with Gasteiger partial charge in [-0.15, -0.1) is 0 Å². The second-order valence-corrected chi connectivity index (χ2v) is 2.88. The summed E-state index contributed by atoms with van der Waals surface area (Å²) in [4.78, 5) is 4.09. The SMILES string of the molecule is CC(N=C=NI)c1ccccc1. The molecule has 0 heterocycles. The van der Waals surface area contributed by atoms with Crippen molar-refractivity contribution >= 4 is 28.9 Å².